The lowest BCUT2D eigenvalue weighted by Gasteiger charge is -2.22. The van der Waals surface area contributed by atoms with Crippen LogP contribution in [-0.2, 0) is 6.18 Å². The first-order chi connectivity index (χ1) is 29.9. The molecule has 13 rings (SSSR count). The molecule has 0 aliphatic heterocycles. The molecule has 0 saturated carbocycles. The van der Waals surface area contributed by atoms with Crippen molar-refractivity contribution in [1.29, 1.82) is 0 Å². The van der Waals surface area contributed by atoms with Gasteiger partial charge < -0.3 is 4.42 Å². The van der Waals surface area contributed by atoms with E-state index in [9.17, 15) is 13.2 Å². The van der Waals surface area contributed by atoms with Crippen LogP contribution in [0.5, 0.6) is 0 Å². The fourth-order valence-electron chi connectivity index (χ4n) is 10.5. The SMILES string of the molecule is FC(F)(F)c1c2ccccc2c(-c2c3ccccc3c(-c3ccc4c(c3)oc3cc5c6ccccc6c6cc7ccccc7cc6c5cc34)c3ccccc23)c2ccccc12. The Bertz CT molecular complexity index is 3930. The number of rotatable bonds is 2. The molecule has 1 nitrogen and oxygen atoms in total. The number of halogens is 3. The lowest BCUT2D eigenvalue weighted by atomic mass is 9.81. The minimum atomic E-state index is -4.54. The van der Waals surface area contributed by atoms with Crippen molar-refractivity contribution in [2.45, 2.75) is 6.18 Å². The number of benzene rings is 12. The first kappa shape index (κ1) is 34.2. The van der Waals surface area contributed by atoms with Gasteiger partial charge in [-0.3, -0.25) is 0 Å². The molecule has 13 aromatic rings. The molecule has 0 spiro atoms. The zero-order valence-corrected chi connectivity index (χ0v) is 32.4. The minimum Gasteiger partial charge on any atom is -0.456 e. The molecule has 0 bridgehead atoms. The van der Waals surface area contributed by atoms with Crippen molar-refractivity contribution in [2.75, 3.05) is 0 Å². The Hall–Kier alpha value is -7.69. The van der Waals surface area contributed by atoms with E-state index < -0.39 is 11.7 Å². The second-order valence-corrected chi connectivity index (χ2v) is 16.2. The highest BCUT2D eigenvalue weighted by Gasteiger charge is 2.36. The number of furan rings is 1. The second kappa shape index (κ2) is 12.4. The molecule has 1 heterocycles. The van der Waals surface area contributed by atoms with E-state index in [1.54, 1.807) is 24.3 Å². The maximum atomic E-state index is 14.9. The van der Waals surface area contributed by atoms with Gasteiger partial charge in [0.2, 0.25) is 0 Å². The molecule has 0 N–H and O–H groups in total. The van der Waals surface area contributed by atoms with E-state index in [2.05, 4.69) is 115 Å². The maximum absolute atomic E-state index is 14.9. The normalized spacial score (nSPS) is 12.5. The highest BCUT2D eigenvalue weighted by molar-refractivity contribution is 6.31. The number of alkyl halides is 3. The molecule has 12 aromatic carbocycles. The largest absolute Gasteiger partial charge is 0.456 e. The van der Waals surface area contributed by atoms with Gasteiger partial charge in [-0.25, -0.2) is 0 Å². The smallest absolute Gasteiger partial charge is 0.417 e. The summed E-state index contributed by atoms with van der Waals surface area (Å²) < 4.78 is 51.7. The highest BCUT2D eigenvalue weighted by Crippen LogP contribution is 2.51. The zero-order chi connectivity index (χ0) is 40.6. The van der Waals surface area contributed by atoms with Crippen molar-refractivity contribution >= 4 is 108 Å². The Kier molecular flexibility index (Phi) is 6.96. The van der Waals surface area contributed by atoms with Crippen molar-refractivity contribution in [3.05, 3.63) is 194 Å². The van der Waals surface area contributed by atoms with Crippen molar-refractivity contribution in [3.63, 3.8) is 0 Å². The molecule has 61 heavy (non-hydrogen) atoms. The number of fused-ring (bicyclic) bond motifs is 14. The number of hydrogen-bond acceptors (Lipinski definition) is 1. The summed E-state index contributed by atoms with van der Waals surface area (Å²) in [7, 11) is 0. The average Bonchev–Trinajstić information content (AvgIpc) is 3.65. The summed E-state index contributed by atoms with van der Waals surface area (Å²) in [5.74, 6) is 0. The summed E-state index contributed by atoms with van der Waals surface area (Å²) in [4.78, 5) is 0. The maximum Gasteiger partial charge on any atom is 0.417 e. The van der Waals surface area contributed by atoms with Gasteiger partial charge in [0.05, 0.1) is 5.56 Å². The van der Waals surface area contributed by atoms with Crippen molar-refractivity contribution in [2.24, 2.45) is 0 Å². The minimum absolute atomic E-state index is 0.193. The van der Waals surface area contributed by atoms with Crippen LogP contribution < -0.4 is 0 Å². The van der Waals surface area contributed by atoms with Gasteiger partial charge in [-0.05, 0) is 145 Å². The predicted octanol–water partition coefficient (Wildman–Crippen LogP) is 17.2. The van der Waals surface area contributed by atoms with E-state index in [0.29, 0.717) is 10.8 Å². The van der Waals surface area contributed by atoms with Gasteiger partial charge in [-0.2, -0.15) is 13.2 Å². The Morgan fingerprint density at radius 2 is 0.656 bits per heavy atom. The molecule has 0 saturated heterocycles. The van der Waals surface area contributed by atoms with Gasteiger partial charge in [0.25, 0.3) is 0 Å². The van der Waals surface area contributed by atoms with E-state index in [1.807, 2.05) is 48.5 Å². The van der Waals surface area contributed by atoms with Crippen LogP contribution in [0, 0.1) is 0 Å². The van der Waals surface area contributed by atoms with Crippen LogP contribution in [0.15, 0.2) is 192 Å². The number of hydrogen-bond donors (Lipinski definition) is 0. The van der Waals surface area contributed by atoms with Crippen LogP contribution in [0.4, 0.5) is 13.2 Å². The van der Waals surface area contributed by atoms with Crippen LogP contribution in [-0.4, -0.2) is 0 Å². The summed E-state index contributed by atoms with van der Waals surface area (Å²) >= 11 is 0. The molecular weight excluding hydrogens is 758 g/mol. The summed E-state index contributed by atoms with van der Waals surface area (Å²) in [6.45, 7) is 0. The quantitative estimate of drug-likeness (QED) is 0.126. The second-order valence-electron chi connectivity index (χ2n) is 16.2. The fourth-order valence-corrected chi connectivity index (χ4v) is 10.5. The van der Waals surface area contributed by atoms with Crippen LogP contribution in [0.3, 0.4) is 0 Å². The van der Waals surface area contributed by atoms with Crippen LogP contribution >= 0.6 is 0 Å². The van der Waals surface area contributed by atoms with Crippen molar-refractivity contribution in [1.82, 2.24) is 0 Å². The standard InChI is InChI=1S/C57H31F3O/c58-57(59,60)56-44-23-11-9-21-42(44)55(43-22-10-12-24-45(43)56)54-40-19-7-5-17-38(40)53(39-18-6-8-20-41(39)54)34-25-26-37-50-30-48-47-28-33-14-2-1-13-32(33)27-46(47)35-15-3-4-16-36(35)49(48)31-52(50)61-51(37)29-34/h1-31H. The zero-order valence-electron chi connectivity index (χ0n) is 32.4. The van der Waals surface area contributed by atoms with Crippen LogP contribution in [0.1, 0.15) is 5.56 Å². The molecule has 0 unspecified atom stereocenters. The van der Waals surface area contributed by atoms with Gasteiger partial charge in [0, 0.05) is 10.8 Å². The summed E-state index contributed by atoms with van der Waals surface area (Å²) in [6.07, 6.45) is -4.54. The van der Waals surface area contributed by atoms with Crippen LogP contribution in [0.2, 0.25) is 0 Å². The fraction of sp³-hybridized carbons (Fsp3) is 0.0175. The Morgan fingerprint density at radius 1 is 0.279 bits per heavy atom. The van der Waals surface area contributed by atoms with Gasteiger partial charge in [-0.15, -0.1) is 0 Å². The monoisotopic (exact) mass is 788 g/mol. The Balaban J connectivity index is 1.09. The van der Waals surface area contributed by atoms with Crippen molar-refractivity contribution in [3.8, 4) is 22.3 Å². The third-order valence-corrected chi connectivity index (χ3v) is 13.0. The Morgan fingerprint density at radius 3 is 1.16 bits per heavy atom. The predicted molar refractivity (Wildman–Crippen MR) is 250 cm³/mol. The van der Waals surface area contributed by atoms with Gasteiger partial charge in [0.15, 0.2) is 0 Å². The van der Waals surface area contributed by atoms with E-state index in [1.165, 1.54) is 37.7 Å². The Labute approximate surface area is 346 Å². The molecule has 0 aliphatic carbocycles. The lowest BCUT2D eigenvalue weighted by Crippen LogP contribution is -2.08. The third kappa shape index (κ3) is 4.85. The van der Waals surface area contributed by atoms with E-state index in [4.69, 9.17) is 4.42 Å². The summed E-state index contributed by atoms with van der Waals surface area (Å²) in [5, 5.41) is 17.2. The van der Waals surface area contributed by atoms with E-state index in [0.717, 1.165) is 71.1 Å². The van der Waals surface area contributed by atoms with Gasteiger partial charge in [0.1, 0.15) is 11.2 Å². The van der Waals surface area contributed by atoms with Crippen molar-refractivity contribution < 1.29 is 17.6 Å². The first-order valence-electron chi connectivity index (χ1n) is 20.5. The molecule has 0 aliphatic rings. The van der Waals surface area contributed by atoms with Crippen LogP contribution in [0.25, 0.3) is 130 Å². The average molecular weight is 789 g/mol. The molecule has 0 atom stereocenters. The van der Waals surface area contributed by atoms with E-state index in [-0.39, 0.29) is 10.8 Å². The molecule has 286 valence electrons. The van der Waals surface area contributed by atoms with Gasteiger partial charge in [-0.1, -0.05) is 152 Å². The molecule has 0 amide bonds. The highest BCUT2D eigenvalue weighted by atomic mass is 19.4. The molecule has 0 fully saturated rings. The summed E-state index contributed by atoms with van der Waals surface area (Å²) in [6, 6.07) is 63.3. The topological polar surface area (TPSA) is 13.1 Å². The summed E-state index contributed by atoms with van der Waals surface area (Å²) in [5.41, 5.74) is 4.78. The van der Waals surface area contributed by atoms with E-state index >= 15 is 0 Å². The lowest BCUT2D eigenvalue weighted by molar-refractivity contribution is -0.135. The molecular formula is C57H31F3O. The third-order valence-electron chi connectivity index (χ3n) is 13.0. The molecule has 1 aromatic heterocycles. The molecule has 0 radical (unpaired) electrons. The van der Waals surface area contributed by atoms with Gasteiger partial charge >= 0.3 is 6.18 Å². The molecule has 4 heteroatoms. The first-order valence-corrected chi connectivity index (χ1v) is 20.5.